The van der Waals surface area contributed by atoms with Gasteiger partial charge in [0.2, 0.25) is 0 Å². The van der Waals surface area contributed by atoms with Crippen molar-refractivity contribution in [2.45, 2.75) is 0 Å². The third kappa shape index (κ3) is 4.59. The predicted octanol–water partition coefficient (Wildman–Crippen LogP) is 3.48. The van der Waals surface area contributed by atoms with Crippen molar-refractivity contribution in [2.75, 3.05) is 51.8 Å². The molecule has 0 unspecified atom stereocenters. The summed E-state index contributed by atoms with van der Waals surface area (Å²) in [6.07, 6.45) is 2.13. The van der Waals surface area contributed by atoms with Crippen LogP contribution in [0.25, 0.3) is 11.1 Å². The molecular weight excluding hydrogens is 344 g/mol. The van der Waals surface area contributed by atoms with E-state index < -0.39 is 0 Å². The molecule has 1 aliphatic rings. The molecule has 1 heterocycles. The topological polar surface area (TPSA) is 32.8 Å². The number of piperazine rings is 1. The minimum absolute atomic E-state index is 0.135. The van der Waals surface area contributed by atoms with Crippen LogP contribution in [0.5, 0.6) is 5.75 Å². The van der Waals surface area contributed by atoms with Gasteiger partial charge in [0, 0.05) is 44.0 Å². The van der Waals surface area contributed by atoms with Gasteiger partial charge in [-0.2, -0.15) is 11.8 Å². The van der Waals surface area contributed by atoms with Gasteiger partial charge in [0.15, 0.2) is 0 Å². The Labute approximate surface area is 160 Å². The van der Waals surface area contributed by atoms with Crippen molar-refractivity contribution < 1.29 is 9.53 Å². The lowest BCUT2D eigenvalue weighted by Crippen LogP contribution is -2.49. The van der Waals surface area contributed by atoms with Crippen LogP contribution in [0.15, 0.2) is 48.5 Å². The first-order chi connectivity index (χ1) is 12.7. The van der Waals surface area contributed by atoms with Crippen LogP contribution in [-0.4, -0.2) is 67.5 Å². The molecule has 0 aliphatic carbocycles. The highest BCUT2D eigenvalue weighted by Gasteiger charge is 2.21. The van der Waals surface area contributed by atoms with Gasteiger partial charge in [-0.25, -0.2) is 0 Å². The Balaban J connectivity index is 1.60. The standard InChI is InChI=1S/C21H26N2O2S/c1-25-20-9-7-18(8-10-20)17-3-5-19(6-4-17)21(24)23-13-11-22(12-14-23)15-16-26-2/h3-10H,11-16H2,1-2H3. The van der Waals surface area contributed by atoms with Crippen LogP contribution < -0.4 is 4.74 Å². The van der Waals surface area contributed by atoms with E-state index in [-0.39, 0.29) is 5.91 Å². The number of nitrogens with zero attached hydrogens (tertiary/aromatic N) is 2. The number of ether oxygens (including phenoxy) is 1. The van der Waals surface area contributed by atoms with E-state index in [1.54, 1.807) is 7.11 Å². The van der Waals surface area contributed by atoms with Crippen molar-refractivity contribution in [1.82, 2.24) is 9.80 Å². The molecule has 0 radical (unpaired) electrons. The molecule has 1 saturated heterocycles. The largest absolute Gasteiger partial charge is 0.497 e. The molecule has 1 amide bonds. The third-order valence-corrected chi connectivity index (χ3v) is 5.42. The van der Waals surface area contributed by atoms with Crippen LogP contribution in [0.3, 0.4) is 0 Å². The molecule has 1 aliphatic heterocycles. The van der Waals surface area contributed by atoms with E-state index in [0.717, 1.165) is 60.9 Å². The zero-order valence-corrected chi connectivity index (χ0v) is 16.3. The molecule has 0 N–H and O–H groups in total. The van der Waals surface area contributed by atoms with Crippen molar-refractivity contribution in [3.63, 3.8) is 0 Å². The summed E-state index contributed by atoms with van der Waals surface area (Å²) in [4.78, 5) is 17.1. The Bertz CT molecular complexity index is 708. The van der Waals surface area contributed by atoms with Crippen LogP contribution >= 0.6 is 11.8 Å². The van der Waals surface area contributed by atoms with Gasteiger partial charge in [-0.05, 0) is 41.6 Å². The van der Waals surface area contributed by atoms with E-state index in [2.05, 4.69) is 11.2 Å². The Morgan fingerprint density at radius 3 is 2.08 bits per heavy atom. The first-order valence-electron chi connectivity index (χ1n) is 8.96. The van der Waals surface area contributed by atoms with Gasteiger partial charge in [-0.15, -0.1) is 0 Å². The molecule has 0 aromatic heterocycles. The van der Waals surface area contributed by atoms with E-state index >= 15 is 0 Å². The van der Waals surface area contributed by atoms with Gasteiger partial charge in [0.05, 0.1) is 7.11 Å². The van der Waals surface area contributed by atoms with Gasteiger partial charge in [-0.3, -0.25) is 9.69 Å². The number of benzene rings is 2. The first-order valence-corrected chi connectivity index (χ1v) is 10.4. The van der Waals surface area contributed by atoms with E-state index in [0.29, 0.717) is 0 Å². The number of methoxy groups -OCH3 is 1. The number of hydrogen-bond donors (Lipinski definition) is 0. The molecule has 5 heteroatoms. The summed E-state index contributed by atoms with van der Waals surface area (Å²) in [6.45, 7) is 4.67. The summed E-state index contributed by atoms with van der Waals surface area (Å²) in [5.41, 5.74) is 2.98. The zero-order valence-electron chi connectivity index (χ0n) is 15.5. The lowest BCUT2D eigenvalue weighted by atomic mass is 10.0. The molecule has 138 valence electrons. The summed E-state index contributed by atoms with van der Waals surface area (Å²) in [5.74, 6) is 2.13. The maximum absolute atomic E-state index is 12.7. The lowest BCUT2D eigenvalue weighted by molar-refractivity contribution is 0.0644. The molecule has 0 atom stereocenters. The predicted molar refractivity (Wildman–Crippen MR) is 109 cm³/mol. The second-order valence-electron chi connectivity index (χ2n) is 6.43. The van der Waals surface area contributed by atoms with Crippen LogP contribution in [0.1, 0.15) is 10.4 Å². The van der Waals surface area contributed by atoms with E-state index in [1.165, 1.54) is 0 Å². The van der Waals surface area contributed by atoms with Crippen molar-refractivity contribution in [3.05, 3.63) is 54.1 Å². The molecule has 3 rings (SSSR count). The van der Waals surface area contributed by atoms with Crippen molar-refractivity contribution in [2.24, 2.45) is 0 Å². The summed E-state index contributed by atoms with van der Waals surface area (Å²) < 4.78 is 5.20. The number of thioether (sulfide) groups is 1. The number of rotatable bonds is 6. The minimum atomic E-state index is 0.135. The Kier molecular flexibility index (Phi) is 6.58. The average Bonchev–Trinajstić information content (AvgIpc) is 2.72. The molecule has 4 nitrogen and oxygen atoms in total. The highest BCUT2D eigenvalue weighted by molar-refractivity contribution is 7.98. The van der Waals surface area contributed by atoms with Gasteiger partial charge in [0.1, 0.15) is 5.75 Å². The number of carbonyl (C=O) groups excluding carboxylic acids is 1. The fourth-order valence-corrected chi connectivity index (χ4v) is 3.61. The van der Waals surface area contributed by atoms with Crippen molar-refractivity contribution in [3.8, 4) is 16.9 Å². The summed E-state index contributed by atoms with van der Waals surface area (Å²) in [7, 11) is 1.66. The summed E-state index contributed by atoms with van der Waals surface area (Å²) in [5, 5.41) is 0. The normalized spacial score (nSPS) is 15.1. The third-order valence-electron chi connectivity index (χ3n) is 4.83. The molecule has 2 aromatic carbocycles. The quantitative estimate of drug-likeness (QED) is 0.779. The zero-order chi connectivity index (χ0) is 18.4. The van der Waals surface area contributed by atoms with Crippen LogP contribution in [-0.2, 0) is 0 Å². The highest BCUT2D eigenvalue weighted by atomic mass is 32.2. The molecule has 1 fully saturated rings. The van der Waals surface area contributed by atoms with Crippen LogP contribution in [0.2, 0.25) is 0 Å². The lowest BCUT2D eigenvalue weighted by Gasteiger charge is -2.34. The molecular formula is C21H26N2O2S. The highest BCUT2D eigenvalue weighted by Crippen LogP contribution is 2.23. The molecule has 0 saturated carbocycles. The molecule has 0 bridgehead atoms. The van der Waals surface area contributed by atoms with Crippen molar-refractivity contribution in [1.29, 1.82) is 0 Å². The van der Waals surface area contributed by atoms with Crippen LogP contribution in [0, 0.1) is 0 Å². The molecule has 2 aromatic rings. The number of hydrogen-bond acceptors (Lipinski definition) is 4. The minimum Gasteiger partial charge on any atom is -0.497 e. The maximum atomic E-state index is 12.7. The average molecular weight is 371 g/mol. The van der Waals surface area contributed by atoms with Gasteiger partial charge in [0.25, 0.3) is 5.91 Å². The van der Waals surface area contributed by atoms with Crippen LogP contribution in [0.4, 0.5) is 0 Å². The van der Waals surface area contributed by atoms with E-state index in [4.69, 9.17) is 4.74 Å². The fraction of sp³-hybridized carbons (Fsp3) is 0.381. The smallest absolute Gasteiger partial charge is 0.253 e. The summed E-state index contributed by atoms with van der Waals surface area (Å²) in [6, 6.07) is 15.9. The molecule has 26 heavy (non-hydrogen) atoms. The Hall–Kier alpha value is -1.98. The first kappa shape index (κ1) is 18.8. The fourth-order valence-electron chi connectivity index (χ4n) is 3.17. The number of amides is 1. The Morgan fingerprint density at radius 1 is 0.962 bits per heavy atom. The monoisotopic (exact) mass is 370 g/mol. The number of carbonyl (C=O) groups is 1. The second kappa shape index (κ2) is 9.10. The SMILES string of the molecule is COc1ccc(-c2ccc(C(=O)N3CCN(CCSC)CC3)cc2)cc1. The second-order valence-corrected chi connectivity index (χ2v) is 7.42. The Morgan fingerprint density at radius 2 is 1.54 bits per heavy atom. The van der Waals surface area contributed by atoms with Crippen molar-refractivity contribution >= 4 is 17.7 Å². The summed E-state index contributed by atoms with van der Waals surface area (Å²) >= 11 is 1.87. The van der Waals surface area contributed by atoms with E-state index in [9.17, 15) is 4.79 Å². The maximum Gasteiger partial charge on any atom is 0.253 e. The van der Waals surface area contributed by atoms with Gasteiger partial charge < -0.3 is 9.64 Å². The van der Waals surface area contributed by atoms with E-state index in [1.807, 2.05) is 65.2 Å². The molecule has 0 spiro atoms. The van der Waals surface area contributed by atoms with Gasteiger partial charge >= 0.3 is 0 Å². The van der Waals surface area contributed by atoms with Gasteiger partial charge in [-0.1, -0.05) is 24.3 Å².